The van der Waals surface area contributed by atoms with E-state index in [1.807, 2.05) is 0 Å². The fraction of sp³-hybridized carbons (Fsp3) is 0.933. The minimum Gasteiger partial charge on any atom is -0.468 e. The summed E-state index contributed by atoms with van der Waals surface area (Å²) in [5.41, 5.74) is -0.0922. The van der Waals surface area contributed by atoms with Gasteiger partial charge >= 0.3 is 5.97 Å². The molecule has 2 aliphatic rings. The van der Waals surface area contributed by atoms with E-state index >= 15 is 0 Å². The summed E-state index contributed by atoms with van der Waals surface area (Å²) in [5.74, 6) is 1.06. The molecule has 3 nitrogen and oxygen atoms in total. The highest BCUT2D eigenvalue weighted by atomic mass is 16.5. The van der Waals surface area contributed by atoms with Crippen LogP contribution in [0.25, 0.3) is 0 Å². The summed E-state index contributed by atoms with van der Waals surface area (Å²) >= 11 is 0. The summed E-state index contributed by atoms with van der Waals surface area (Å²) in [4.78, 5) is 12.3. The number of nitrogens with one attached hydrogen (secondary N) is 1. The van der Waals surface area contributed by atoms with E-state index in [4.69, 9.17) is 4.74 Å². The molecule has 0 bridgehead atoms. The first-order chi connectivity index (χ1) is 8.39. The Kier molecular flexibility index (Phi) is 3.72. The zero-order valence-electron chi connectivity index (χ0n) is 12.2. The van der Waals surface area contributed by atoms with Gasteiger partial charge < -0.3 is 10.1 Å². The third-order valence-corrected chi connectivity index (χ3v) is 4.85. The van der Waals surface area contributed by atoms with Gasteiger partial charge in [-0.15, -0.1) is 0 Å². The molecule has 2 saturated carbocycles. The Bertz CT molecular complexity index is 318. The van der Waals surface area contributed by atoms with E-state index in [0.717, 1.165) is 31.7 Å². The zero-order valence-corrected chi connectivity index (χ0v) is 12.2. The molecule has 0 aromatic heterocycles. The standard InChI is InChI=1S/C15H27NO2/c1-11-9-14(2,3)7-8-15(11,13(17)18-4)16-10-12-5-6-12/h11-12,16H,5-10H2,1-4H3. The van der Waals surface area contributed by atoms with Crippen LogP contribution in [0.2, 0.25) is 0 Å². The highest BCUT2D eigenvalue weighted by molar-refractivity contribution is 5.81. The highest BCUT2D eigenvalue weighted by Crippen LogP contribution is 2.45. The third-order valence-electron chi connectivity index (χ3n) is 4.85. The Labute approximate surface area is 111 Å². The van der Waals surface area contributed by atoms with Gasteiger partial charge in [0.25, 0.3) is 0 Å². The molecule has 2 aliphatic carbocycles. The second-order valence-corrected chi connectivity index (χ2v) is 7.06. The molecule has 2 unspecified atom stereocenters. The maximum absolute atomic E-state index is 12.3. The molecule has 2 atom stereocenters. The van der Waals surface area contributed by atoms with Crippen molar-refractivity contribution < 1.29 is 9.53 Å². The number of rotatable bonds is 4. The van der Waals surface area contributed by atoms with E-state index in [1.54, 1.807) is 0 Å². The normalized spacial score (nSPS) is 35.2. The first-order valence-electron chi connectivity index (χ1n) is 7.23. The Morgan fingerprint density at radius 1 is 1.33 bits per heavy atom. The maximum atomic E-state index is 12.3. The van der Waals surface area contributed by atoms with Crippen LogP contribution in [-0.2, 0) is 9.53 Å². The van der Waals surface area contributed by atoms with Gasteiger partial charge in [-0.05, 0) is 55.9 Å². The van der Waals surface area contributed by atoms with Crippen molar-refractivity contribution in [1.82, 2.24) is 5.32 Å². The van der Waals surface area contributed by atoms with Gasteiger partial charge in [0, 0.05) is 0 Å². The molecule has 3 heteroatoms. The van der Waals surface area contributed by atoms with Crippen LogP contribution in [0.4, 0.5) is 0 Å². The van der Waals surface area contributed by atoms with Gasteiger partial charge in [0.15, 0.2) is 0 Å². The molecular formula is C15H27NO2. The topological polar surface area (TPSA) is 38.3 Å². The second-order valence-electron chi connectivity index (χ2n) is 7.06. The lowest BCUT2D eigenvalue weighted by molar-refractivity contribution is -0.154. The molecule has 0 heterocycles. The van der Waals surface area contributed by atoms with Gasteiger partial charge in [0.2, 0.25) is 0 Å². The summed E-state index contributed by atoms with van der Waals surface area (Å²) in [6, 6.07) is 0. The average molecular weight is 253 g/mol. The van der Waals surface area contributed by atoms with Crippen LogP contribution in [-0.4, -0.2) is 25.2 Å². The first kappa shape index (κ1) is 13.9. The van der Waals surface area contributed by atoms with E-state index in [9.17, 15) is 4.79 Å². The van der Waals surface area contributed by atoms with Crippen LogP contribution in [0, 0.1) is 17.3 Å². The maximum Gasteiger partial charge on any atom is 0.326 e. The summed E-state index contributed by atoms with van der Waals surface area (Å²) in [6.07, 6.45) is 5.69. The predicted octanol–water partition coefficient (Wildman–Crippen LogP) is 2.74. The summed E-state index contributed by atoms with van der Waals surface area (Å²) in [5, 5.41) is 3.56. The van der Waals surface area contributed by atoms with Crippen molar-refractivity contribution in [2.45, 2.75) is 58.4 Å². The Morgan fingerprint density at radius 2 is 2.00 bits per heavy atom. The third kappa shape index (κ3) is 2.71. The molecular weight excluding hydrogens is 226 g/mol. The van der Waals surface area contributed by atoms with E-state index in [1.165, 1.54) is 20.0 Å². The van der Waals surface area contributed by atoms with Crippen molar-refractivity contribution in [3.8, 4) is 0 Å². The monoisotopic (exact) mass is 253 g/mol. The van der Waals surface area contributed by atoms with E-state index in [-0.39, 0.29) is 5.97 Å². The highest BCUT2D eigenvalue weighted by Gasteiger charge is 2.50. The fourth-order valence-electron chi connectivity index (χ4n) is 3.36. The number of hydrogen-bond donors (Lipinski definition) is 1. The van der Waals surface area contributed by atoms with Crippen molar-refractivity contribution in [2.75, 3.05) is 13.7 Å². The first-order valence-corrected chi connectivity index (χ1v) is 7.23. The van der Waals surface area contributed by atoms with E-state index in [0.29, 0.717) is 11.3 Å². The van der Waals surface area contributed by atoms with Crippen molar-refractivity contribution >= 4 is 5.97 Å². The second kappa shape index (κ2) is 4.84. The number of methoxy groups -OCH3 is 1. The SMILES string of the molecule is COC(=O)C1(NCC2CC2)CCC(C)(C)CC1C. The Hall–Kier alpha value is -0.570. The van der Waals surface area contributed by atoms with Gasteiger partial charge in [-0.3, -0.25) is 4.79 Å². The lowest BCUT2D eigenvalue weighted by Crippen LogP contribution is -2.60. The van der Waals surface area contributed by atoms with Gasteiger partial charge in [-0.1, -0.05) is 20.8 Å². The smallest absolute Gasteiger partial charge is 0.326 e. The Morgan fingerprint density at radius 3 is 2.50 bits per heavy atom. The van der Waals surface area contributed by atoms with Crippen molar-refractivity contribution in [3.63, 3.8) is 0 Å². The predicted molar refractivity (Wildman–Crippen MR) is 72.3 cm³/mol. The Balaban J connectivity index is 2.10. The lowest BCUT2D eigenvalue weighted by atomic mass is 9.63. The van der Waals surface area contributed by atoms with Crippen LogP contribution in [0.3, 0.4) is 0 Å². The van der Waals surface area contributed by atoms with Crippen LogP contribution >= 0.6 is 0 Å². The van der Waals surface area contributed by atoms with Gasteiger partial charge in [-0.25, -0.2) is 0 Å². The fourth-order valence-corrected chi connectivity index (χ4v) is 3.36. The lowest BCUT2D eigenvalue weighted by Gasteiger charge is -2.47. The summed E-state index contributed by atoms with van der Waals surface area (Å²) in [6.45, 7) is 7.76. The summed E-state index contributed by atoms with van der Waals surface area (Å²) in [7, 11) is 1.51. The number of ether oxygens (including phenoxy) is 1. The molecule has 2 fully saturated rings. The van der Waals surface area contributed by atoms with Crippen molar-refractivity contribution in [2.24, 2.45) is 17.3 Å². The van der Waals surface area contributed by atoms with E-state index in [2.05, 4.69) is 26.1 Å². The largest absolute Gasteiger partial charge is 0.468 e. The molecule has 0 saturated heterocycles. The van der Waals surface area contributed by atoms with Crippen LogP contribution in [0.5, 0.6) is 0 Å². The van der Waals surface area contributed by atoms with E-state index < -0.39 is 5.54 Å². The van der Waals surface area contributed by atoms with Crippen molar-refractivity contribution in [3.05, 3.63) is 0 Å². The van der Waals surface area contributed by atoms with Gasteiger partial charge in [-0.2, -0.15) is 0 Å². The van der Waals surface area contributed by atoms with Crippen LogP contribution < -0.4 is 5.32 Å². The minimum atomic E-state index is -0.438. The number of hydrogen-bond acceptors (Lipinski definition) is 3. The molecule has 0 spiro atoms. The number of carbonyl (C=O) groups is 1. The van der Waals surface area contributed by atoms with Crippen molar-refractivity contribution in [1.29, 1.82) is 0 Å². The molecule has 104 valence electrons. The molecule has 0 aromatic carbocycles. The molecule has 0 aliphatic heterocycles. The molecule has 0 radical (unpaired) electrons. The van der Waals surface area contributed by atoms with Gasteiger partial charge in [0.1, 0.15) is 5.54 Å². The zero-order chi connectivity index (χ0) is 13.4. The number of carbonyl (C=O) groups excluding carboxylic acids is 1. The minimum absolute atomic E-state index is 0.0637. The average Bonchev–Trinajstić information content (AvgIpc) is 3.11. The molecule has 18 heavy (non-hydrogen) atoms. The van der Waals surface area contributed by atoms with Gasteiger partial charge in [0.05, 0.1) is 7.11 Å². The molecule has 2 rings (SSSR count). The quantitative estimate of drug-likeness (QED) is 0.783. The molecule has 0 amide bonds. The number of esters is 1. The summed E-state index contributed by atoms with van der Waals surface area (Å²) < 4.78 is 5.08. The van der Waals surface area contributed by atoms with Crippen LogP contribution in [0.15, 0.2) is 0 Å². The van der Waals surface area contributed by atoms with Crippen LogP contribution in [0.1, 0.15) is 52.9 Å². The molecule has 0 aromatic rings. The molecule has 1 N–H and O–H groups in total.